The summed E-state index contributed by atoms with van der Waals surface area (Å²) in [5, 5.41) is 4.01. The molecule has 1 amide bonds. The van der Waals surface area contributed by atoms with E-state index >= 15 is 0 Å². The number of hydrogen-bond donors (Lipinski definition) is 1. The Labute approximate surface area is 219 Å². The summed E-state index contributed by atoms with van der Waals surface area (Å²) in [5.41, 5.74) is 4.03. The van der Waals surface area contributed by atoms with Crippen LogP contribution >= 0.6 is 0 Å². The molecule has 1 aromatic heterocycles. The van der Waals surface area contributed by atoms with Crippen LogP contribution in [0.4, 0.5) is 18.9 Å². The predicted octanol–water partition coefficient (Wildman–Crippen LogP) is 6.99. The van der Waals surface area contributed by atoms with Gasteiger partial charge in [0.1, 0.15) is 12.4 Å². The van der Waals surface area contributed by atoms with Gasteiger partial charge in [-0.3, -0.25) is 14.7 Å². The fraction of sp³-hybridized carbons (Fsp3) is 0.267. The number of aromatic nitrogens is 1. The number of rotatable bonds is 7. The SMILES string of the molecule is Cc1c(NC(=O)c2ccc(OCc3ccc(C(F)(F)F)cc3)cc2)ccc2cc(CN3CCCC3)cnc12. The molecule has 0 saturated carbocycles. The molecule has 0 bridgehead atoms. The van der Waals surface area contributed by atoms with Gasteiger partial charge in [-0.15, -0.1) is 0 Å². The third kappa shape index (κ3) is 5.97. The molecular formula is C30H28F3N3O2. The van der Waals surface area contributed by atoms with Gasteiger partial charge in [0.25, 0.3) is 5.91 Å². The first-order valence-corrected chi connectivity index (χ1v) is 12.6. The number of halogens is 3. The number of anilines is 1. The summed E-state index contributed by atoms with van der Waals surface area (Å²) in [5.74, 6) is 0.254. The second-order valence-electron chi connectivity index (χ2n) is 9.60. The van der Waals surface area contributed by atoms with E-state index in [1.165, 1.54) is 30.5 Å². The van der Waals surface area contributed by atoms with Crippen molar-refractivity contribution in [1.29, 1.82) is 0 Å². The summed E-state index contributed by atoms with van der Waals surface area (Å²) in [6.07, 6.45) is 0.0558. The lowest BCUT2D eigenvalue weighted by Crippen LogP contribution is -2.18. The monoisotopic (exact) mass is 519 g/mol. The molecular weight excluding hydrogens is 491 g/mol. The van der Waals surface area contributed by atoms with Crippen LogP contribution in [0.2, 0.25) is 0 Å². The van der Waals surface area contributed by atoms with Gasteiger partial charge in [0.15, 0.2) is 0 Å². The third-order valence-electron chi connectivity index (χ3n) is 6.82. The minimum Gasteiger partial charge on any atom is -0.489 e. The lowest BCUT2D eigenvalue weighted by atomic mass is 10.1. The van der Waals surface area contributed by atoms with Crippen LogP contribution in [0.15, 0.2) is 72.9 Å². The molecule has 5 nitrogen and oxygen atoms in total. The molecule has 0 aliphatic carbocycles. The van der Waals surface area contributed by atoms with Crippen LogP contribution in [0.25, 0.3) is 10.9 Å². The van der Waals surface area contributed by atoms with Crippen LogP contribution in [0, 0.1) is 6.92 Å². The van der Waals surface area contributed by atoms with E-state index in [1.807, 2.05) is 25.3 Å². The van der Waals surface area contributed by atoms with Gasteiger partial charge >= 0.3 is 6.18 Å². The van der Waals surface area contributed by atoms with Crippen molar-refractivity contribution in [2.45, 2.75) is 39.1 Å². The van der Waals surface area contributed by atoms with Gasteiger partial charge in [0.05, 0.1) is 11.1 Å². The molecule has 2 heterocycles. The second-order valence-corrected chi connectivity index (χ2v) is 9.60. The van der Waals surface area contributed by atoms with E-state index in [9.17, 15) is 18.0 Å². The number of pyridine rings is 1. The Morgan fingerprint density at radius 2 is 1.68 bits per heavy atom. The fourth-order valence-electron chi connectivity index (χ4n) is 4.67. The summed E-state index contributed by atoms with van der Waals surface area (Å²) < 4.78 is 43.8. The zero-order valence-corrected chi connectivity index (χ0v) is 21.0. The van der Waals surface area contributed by atoms with Crippen LogP contribution in [0.3, 0.4) is 0 Å². The van der Waals surface area contributed by atoms with E-state index in [-0.39, 0.29) is 12.5 Å². The highest BCUT2D eigenvalue weighted by atomic mass is 19.4. The lowest BCUT2D eigenvalue weighted by Gasteiger charge is -2.15. The summed E-state index contributed by atoms with van der Waals surface area (Å²) in [4.78, 5) is 20.0. The van der Waals surface area contributed by atoms with Crippen molar-refractivity contribution in [3.63, 3.8) is 0 Å². The standard InChI is InChI=1S/C30H28F3N3O2/c1-20-27(13-8-24-16-22(17-34-28(20)24)18-36-14-2-3-15-36)35-29(37)23-6-11-26(12-7-23)38-19-21-4-9-25(10-5-21)30(31,32)33/h4-13,16-17H,2-3,14-15,18-19H2,1H3,(H,35,37). The Morgan fingerprint density at radius 3 is 2.37 bits per heavy atom. The van der Waals surface area contributed by atoms with Gasteiger partial charge in [-0.2, -0.15) is 13.2 Å². The first-order chi connectivity index (χ1) is 18.3. The van der Waals surface area contributed by atoms with Crippen LogP contribution in [0.1, 0.15) is 45.5 Å². The van der Waals surface area contributed by atoms with Gasteiger partial charge in [0.2, 0.25) is 0 Å². The quantitative estimate of drug-likeness (QED) is 0.286. The predicted molar refractivity (Wildman–Crippen MR) is 141 cm³/mol. The number of carbonyl (C=O) groups is 1. The topological polar surface area (TPSA) is 54.5 Å². The average molecular weight is 520 g/mol. The van der Waals surface area contributed by atoms with Crippen LogP contribution in [-0.4, -0.2) is 28.9 Å². The molecule has 1 aliphatic rings. The van der Waals surface area contributed by atoms with Crippen molar-refractivity contribution < 1.29 is 22.7 Å². The Bertz CT molecular complexity index is 1430. The highest BCUT2D eigenvalue weighted by Gasteiger charge is 2.29. The Kier molecular flexibility index (Phi) is 7.33. The van der Waals surface area contributed by atoms with Crippen LogP contribution in [0.5, 0.6) is 5.75 Å². The van der Waals surface area contributed by atoms with Gasteiger partial charge in [-0.25, -0.2) is 0 Å². The van der Waals surface area contributed by atoms with Gasteiger partial charge < -0.3 is 10.1 Å². The Hall–Kier alpha value is -3.91. The fourth-order valence-corrected chi connectivity index (χ4v) is 4.67. The van der Waals surface area contributed by atoms with Crippen molar-refractivity contribution in [3.05, 3.63) is 101 Å². The maximum Gasteiger partial charge on any atom is 0.416 e. The third-order valence-corrected chi connectivity index (χ3v) is 6.82. The number of amides is 1. The Balaban J connectivity index is 1.20. The molecule has 1 fully saturated rings. The summed E-state index contributed by atoms with van der Waals surface area (Å²) in [7, 11) is 0. The molecule has 5 rings (SSSR count). The molecule has 38 heavy (non-hydrogen) atoms. The second kappa shape index (κ2) is 10.8. The number of nitrogens with one attached hydrogen (secondary N) is 1. The maximum absolute atomic E-state index is 12.9. The van der Waals surface area contributed by atoms with E-state index in [1.54, 1.807) is 24.3 Å². The van der Waals surface area contributed by atoms with Crippen molar-refractivity contribution in [3.8, 4) is 5.75 Å². The van der Waals surface area contributed by atoms with E-state index in [4.69, 9.17) is 4.74 Å². The first-order valence-electron chi connectivity index (χ1n) is 12.6. The van der Waals surface area contributed by atoms with Crippen molar-refractivity contribution in [2.24, 2.45) is 0 Å². The smallest absolute Gasteiger partial charge is 0.416 e. The normalized spacial score (nSPS) is 14.1. The molecule has 196 valence electrons. The molecule has 3 aromatic carbocycles. The van der Waals surface area contributed by atoms with E-state index in [0.717, 1.165) is 48.2 Å². The number of likely N-dealkylation sites (tertiary alicyclic amines) is 1. The van der Waals surface area contributed by atoms with Gasteiger partial charge in [-0.1, -0.05) is 18.2 Å². The van der Waals surface area contributed by atoms with Crippen molar-refractivity contribution >= 4 is 22.5 Å². The molecule has 0 unspecified atom stereocenters. The minimum atomic E-state index is -4.37. The summed E-state index contributed by atoms with van der Waals surface area (Å²) >= 11 is 0. The van der Waals surface area contributed by atoms with Gasteiger partial charge in [0, 0.05) is 29.4 Å². The van der Waals surface area contributed by atoms with Gasteiger partial charge in [-0.05, 0) is 98.1 Å². The number of carbonyl (C=O) groups excluding carboxylic acids is 1. The summed E-state index contributed by atoms with van der Waals surface area (Å²) in [6.45, 7) is 5.24. The average Bonchev–Trinajstić information content (AvgIpc) is 3.42. The first kappa shape index (κ1) is 25.7. The molecule has 1 aliphatic heterocycles. The molecule has 0 spiro atoms. The number of benzene rings is 3. The number of fused-ring (bicyclic) bond motifs is 1. The molecule has 4 aromatic rings. The molecule has 8 heteroatoms. The Morgan fingerprint density at radius 1 is 0.974 bits per heavy atom. The largest absolute Gasteiger partial charge is 0.489 e. The van der Waals surface area contributed by atoms with Crippen LogP contribution < -0.4 is 10.1 Å². The molecule has 1 saturated heterocycles. The molecule has 0 radical (unpaired) electrons. The van der Waals surface area contributed by atoms with E-state index in [0.29, 0.717) is 22.6 Å². The molecule has 1 N–H and O–H groups in total. The number of hydrogen-bond acceptors (Lipinski definition) is 4. The minimum absolute atomic E-state index is 0.118. The highest BCUT2D eigenvalue weighted by molar-refractivity contribution is 6.06. The lowest BCUT2D eigenvalue weighted by molar-refractivity contribution is -0.137. The molecule has 0 atom stereocenters. The zero-order valence-electron chi connectivity index (χ0n) is 21.0. The van der Waals surface area contributed by atoms with E-state index in [2.05, 4.69) is 21.3 Å². The number of ether oxygens (including phenoxy) is 1. The van der Waals surface area contributed by atoms with E-state index < -0.39 is 11.7 Å². The zero-order chi connectivity index (χ0) is 26.7. The number of aryl methyl sites for hydroxylation is 1. The van der Waals surface area contributed by atoms with Crippen molar-refractivity contribution in [2.75, 3.05) is 18.4 Å². The summed E-state index contributed by atoms with van der Waals surface area (Å²) in [6, 6.07) is 17.5. The van der Waals surface area contributed by atoms with Crippen molar-refractivity contribution in [1.82, 2.24) is 9.88 Å². The van der Waals surface area contributed by atoms with Crippen LogP contribution in [-0.2, 0) is 19.3 Å². The number of alkyl halides is 3. The highest BCUT2D eigenvalue weighted by Crippen LogP contribution is 2.29. The number of nitrogens with zero attached hydrogens (tertiary/aromatic N) is 2. The maximum atomic E-state index is 12.9.